The molecule has 254 valence electrons. The summed E-state index contributed by atoms with van der Waals surface area (Å²) in [6.07, 6.45) is 27.8. The monoisotopic (exact) mass is 631 g/mol. The molecule has 3 N–H and O–H groups in total. The molecule has 9 heteroatoms. The van der Waals surface area contributed by atoms with Crippen molar-refractivity contribution in [2.45, 2.75) is 148 Å². The molecule has 0 saturated heterocycles. The number of carbonyl (C=O) groups excluding carboxylic acids is 1. The number of phosphoric ester groups is 1. The van der Waals surface area contributed by atoms with Gasteiger partial charge in [-0.3, -0.25) is 13.8 Å². The van der Waals surface area contributed by atoms with E-state index >= 15 is 0 Å². The van der Waals surface area contributed by atoms with E-state index in [1.807, 2.05) is 21.1 Å². The first kappa shape index (κ1) is 42.0. The molecule has 0 rings (SSSR count). The van der Waals surface area contributed by atoms with Gasteiger partial charge in [0.15, 0.2) is 0 Å². The number of quaternary nitrogens is 1. The molecule has 0 aliphatic rings. The van der Waals surface area contributed by atoms with Crippen molar-refractivity contribution < 1.29 is 32.9 Å². The maximum atomic E-state index is 12.7. The first-order chi connectivity index (χ1) is 20.5. The predicted molar refractivity (Wildman–Crippen MR) is 180 cm³/mol. The average Bonchev–Trinajstić information content (AvgIpc) is 2.94. The molecule has 0 aromatic heterocycles. The van der Waals surface area contributed by atoms with Crippen LogP contribution in [0.4, 0.5) is 0 Å². The van der Waals surface area contributed by atoms with Crippen molar-refractivity contribution in [3.63, 3.8) is 0 Å². The Morgan fingerprint density at radius 3 is 2.00 bits per heavy atom. The maximum Gasteiger partial charge on any atom is 0.472 e. The van der Waals surface area contributed by atoms with Crippen molar-refractivity contribution in [3.05, 3.63) is 24.3 Å². The van der Waals surface area contributed by atoms with E-state index in [0.717, 1.165) is 70.6 Å². The first-order valence-electron chi connectivity index (χ1n) is 17.2. The zero-order valence-electron chi connectivity index (χ0n) is 28.4. The third-order valence-corrected chi connectivity index (χ3v) is 8.42. The molecule has 0 aromatic carbocycles. The van der Waals surface area contributed by atoms with Crippen LogP contribution in [-0.2, 0) is 18.4 Å². The second kappa shape index (κ2) is 27.3. The lowest BCUT2D eigenvalue weighted by Gasteiger charge is -2.26. The molecule has 3 unspecified atom stereocenters. The van der Waals surface area contributed by atoms with Crippen LogP contribution in [0, 0.1) is 0 Å². The first-order valence-corrected chi connectivity index (χ1v) is 18.7. The summed E-state index contributed by atoms with van der Waals surface area (Å²) in [5, 5.41) is 13.7. The van der Waals surface area contributed by atoms with Crippen molar-refractivity contribution in [1.82, 2.24) is 5.32 Å². The number of carbonyl (C=O) groups is 1. The highest BCUT2D eigenvalue weighted by molar-refractivity contribution is 7.47. The van der Waals surface area contributed by atoms with Gasteiger partial charge in [-0.1, -0.05) is 115 Å². The lowest BCUT2D eigenvalue weighted by Crippen LogP contribution is -2.46. The van der Waals surface area contributed by atoms with E-state index in [2.05, 4.69) is 43.5 Å². The quantitative estimate of drug-likeness (QED) is 0.0319. The van der Waals surface area contributed by atoms with Gasteiger partial charge in [0.25, 0.3) is 0 Å². The summed E-state index contributed by atoms with van der Waals surface area (Å²) in [4.78, 5) is 22.9. The van der Waals surface area contributed by atoms with E-state index in [1.165, 1.54) is 38.5 Å². The molecule has 0 aromatic rings. The van der Waals surface area contributed by atoms with Crippen LogP contribution in [-0.4, -0.2) is 73.4 Å². The summed E-state index contributed by atoms with van der Waals surface area (Å²) in [7, 11) is 1.60. The maximum absolute atomic E-state index is 12.7. The highest BCUT2D eigenvalue weighted by Crippen LogP contribution is 2.43. The zero-order chi connectivity index (χ0) is 32.2. The van der Waals surface area contributed by atoms with Crippen molar-refractivity contribution >= 4 is 13.7 Å². The van der Waals surface area contributed by atoms with E-state index in [1.54, 1.807) is 0 Å². The van der Waals surface area contributed by atoms with Gasteiger partial charge in [0, 0.05) is 6.42 Å². The molecule has 8 nitrogen and oxygen atoms in total. The lowest BCUT2D eigenvalue weighted by atomic mass is 10.0. The number of likely N-dealkylation sites (N-methyl/N-ethyl adjacent to an activating group) is 1. The van der Waals surface area contributed by atoms with Crippen molar-refractivity contribution in [1.29, 1.82) is 0 Å². The van der Waals surface area contributed by atoms with Gasteiger partial charge in [-0.15, -0.1) is 0 Å². The van der Waals surface area contributed by atoms with Crippen molar-refractivity contribution in [2.75, 3.05) is 40.9 Å². The van der Waals surface area contributed by atoms with E-state index in [-0.39, 0.29) is 19.1 Å². The van der Waals surface area contributed by atoms with Gasteiger partial charge in [0.1, 0.15) is 13.2 Å². The molecule has 0 aliphatic heterocycles. The number of aliphatic hydroxyl groups is 1. The largest absolute Gasteiger partial charge is 0.472 e. The number of phosphoric acid groups is 1. The number of nitrogens with zero attached hydrogens (tertiary/aromatic N) is 1. The number of amides is 1. The van der Waals surface area contributed by atoms with Crippen LogP contribution in [0.1, 0.15) is 136 Å². The zero-order valence-corrected chi connectivity index (χ0v) is 29.3. The van der Waals surface area contributed by atoms with Crippen molar-refractivity contribution in [3.8, 4) is 0 Å². The molecule has 43 heavy (non-hydrogen) atoms. The molecule has 0 saturated carbocycles. The number of aliphatic hydroxyl groups excluding tert-OH is 1. The van der Waals surface area contributed by atoms with Gasteiger partial charge in [-0.05, 0) is 38.5 Å². The molecule has 0 aliphatic carbocycles. The predicted octanol–water partition coefficient (Wildman–Crippen LogP) is 8.24. The summed E-state index contributed by atoms with van der Waals surface area (Å²) in [6, 6.07) is -0.761. The third-order valence-electron chi connectivity index (χ3n) is 7.43. The van der Waals surface area contributed by atoms with Gasteiger partial charge in [-0.25, -0.2) is 4.57 Å². The normalized spacial score (nSPS) is 15.2. The van der Waals surface area contributed by atoms with Gasteiger partial charge in [-0.2, -0.15) is 0 Å². The SMILES string of the molecule is CCC/C=C\C/C=C\CCCCCCCC(=O)NC(COP(=O)(O)OCC[N+](C)(C)C)C(O)CCCCCCCCCC. The van der Waals surface area contributed by atoms with E-state index in [4.69, 9.17) is 9.05 Å². The molecule has 0 bridgehead atoms. The topological polar surface area (TPSA) is 105 Å². The minimum atomic E-state index is -4.30. The second-order valence-corrected chi connectivity index (χ2v) is 14.3. The molecule has 0 radical (unpaired) electrons. The molecule has 1 amide bonds. The summed E-state index contributed by atoms with van der Waals surface area (Å²) in [5.41, 5.74) is 0. The Balaban J connectivity index is 4.52. The minimum absolute atomic E-state index is 0.0712. The Morgan fingerprint density at radius 2 is 1.37 bits per heavy atom. The Morgan fingerprint density at radius 1 is 0.791 bits per heavy atom. The lowest BCUT2D eigenvalue weighted by molar-refractivity contribution is -0.870. The van der Waals surface area contributed by atoms with Crippen LogP contribution in [0.5, 0.6) is 0 Å². The molecular weight excluding hydrogens is 563 g/mol. The Bertz CT molecular complexity index is 768. The number of rotatable bonds is 30. The second-order valence-electron chi connectivity index (χ2n) is 12.9. The van der Waals surface area contributed by atoms with Gasteiger partial charge >= 0.3 is 7.82 Å². The highest BCUT2D eigenvalue weighted by atomic mass is 31.2. The average molecular weight is 632 g/mol. The molecule has 0 spiro atoms. The third kappa shape index (κ3) is 29.5. The smallest absolute Gasteiger partial charge is 0.391 e. The number of hydrogen-bond acceptors (Lipinski definition) is 5. The Labute approximate surface area is 264 Å². The Hall–Kier alpha value is -1.02. The fourth-order valence-electron chi connectivity index (χ4n) is 4.61. The van der Waals surface area contributed by atoms with Crippen molar-refractivity contribution in [2.24, 2.45) is 0 Å². The van der Waals surface area contributed by atoms with Crippen LogP contribution in [0.15, 0.2) is 24.3 Å². The van der Waals surface area contributed by atoms with Crippen LogP contribution < -0.4 is 5.32 Å². The number of unbranched alkanes of at least 4 members (excludes halogenated alkanes) is 13. The molecular formula is C34H68N2O6P+. The van der Waals surface area contributed by atoms with E-state index < -0.39 is 20.0 Å². The standard InChI is InChI=1S/C34H67N2O6P/c1-6-8-10-12-14-16-17-18-19-20-22-24-26-28-34(38)35-32(31-42-43(39,40)41-30-29-36(3,4)5)33(37)27-25-23-21-15-13-11-9-7-2/h10,12,16-17,32-33,37H,6-9,11,13-15,18-31H2,1-5H3,(H-,35,38,39,40)/p+1/b12-10-,17-16-. The van der Waals surface area contributed by atoms with Crippen LogP contribution in [0.2, 0.25) is 0 Å². The molecule has 0 fully saturated rings. The van der Waals surface area contributed by atoms with Crippen LogP contribution in [0.3, 0.4) is 0 Å². The fourth-order valence-corrected chi connectivity index (χ4v) is 5.35. The number of hydrogen-bond donors (Lipinski definition) is 3. The number of nitrogens with one attached hydrogen (secondary N) is 1. The minimum Gasteiger partial charge on any atom is -0.391 e. The van der Waals surface area contributed by atoms with Crippen LogP contribution in [0.25, 0.3) is 0 Å². The summed E-state index contributed by atoms with van der Waals surface area (Å²) >= 11 is 0. The van der Waals surface area contributed by atoms with E-state index in [9.17, 15) is 19.4 Å². The van der Waals surface area contributed by atoms with Gasteiger partial charge in [0.2, 0.25) is 5.91 Å². The fraction of sp³-hybridized carbons (Fsp3) is 0.853. The summed E-state index contributed by atoms with van der Waals surface area (Å²) in [5.74, 6) is -0.165. The molecule has 0 heterocycles. The van der Waals surface area contributed by atoms with Gasteiger partial charge in [0.05, 0.1) is 39.9 Å². The van der Waals surface area contributed by atoms with E-state index in [0.29, 0.717) is 23.9 Å². The highest BCUT2D eigenvalue weighted by Gasteiger charge is 2.28. The summed E-state index contributed by atoms with van der Waals surface area (Å²) < 4.78 is 23.4. The number of allylic oxidation sites excluding steroid dienone is 4. The van der Waals surface area contributed by atoms with Crippen LogP contribution >= 0.6 is 7.82 Å². The summed E-state index contributed by atoms with van der Waals surface area (Å²) in [6.45, 7) is 4.74. The Kier molecular flexibility index (Phi) is 26.7. The van der Waals surface area contributed by atoms with Gasteiger partial charge < -0.3 is 19.8 Å². The molecule has 3 atom stereocenters.